The molecule has 1 fully saturated rings. The lowest BCUT2D eigenvalue weighted by Crippen LogP contribution is -1.86. The van der Waals surface area contributed by atoms with Crippen LogP contribution < -0.4 is 0 Å². The van der Waals surface area contributed by atoms with E-state index in [1.54, 1.807) is 0 Å². The van der Waals surface area contributed by atoms with Crippen LogP contribution in [0.4, 0.5) is 0 Å². The second-order valence-electron chi connectivity index (χ2n) is 4.20. The van der Waals surface area contributed by atoms with Gasteiger partial charge in [0.15, 0.2) is 0 Å². The highest BCUT2D eigenvalue weighted by Crippen LogP contribution is 2.40. The third kappa shape index (κ3) is 1.72. The molecule has 2 aromatic rings. The van der Waals surface area contributed by atoms with E-state index in [0.29, 0.717) is 5.88 Å². The van der Waals surface area contributed by atoms with E-state index in [2.05, 4.69) is 29.2 Å². The Morgan fingerprint density at radius 3 is 2.87 bits per heavy atom. The minimum atomic E-state index is 0.538. The maximum absolute atomic E-state index is 5.80. The molecule has 0 spiro atoms. The molecule has 0 bridgehead atoms. The number of rotatable bonds is 2. The average Bonchev–Trinajstić information content (AvgIpc) is 3.11. The molecule has 1 aromatic heterocycles. The second kappa shape index (κ2) is 3.49. The predicted octanol–water partition coefficient (Wildman–Crippen LogP) is 3.85. The van der Waals surface area contributed by atoms with Crippen molar-refractivity contribution in [1.29, 1.82) is 0 Å². The molecule has 0 saturated heterocycles. The van der Waals surface area contributed by atoms with Gasteiger partial charge < -0.3 is 0 Å². The first-order chi connectivity index (χ1) is 7.36. The Labute approximate surface area is 94.1 Å². The van der Waals surface area contributed by atoms with Crippen molar-refractivity contribution in [2.45, 2.75) is 24.6 Å². The predicted molar refractivity (Wildman–Crippen MR) is 63.3 cm³/mol. The zero-order valence-electron chi connectivity index (χ0n) is 8.41. The molecule has 3 rings (SSSR count). The molecule has 2 heteroatoms. The van der Waals surface area contributed by atoms with E-state index in [1.165, 1.54) is 23.8 Å². The van der Waals surface area contributed by atoms with Crippen LogP contribution in [-0.4, -0.2) is 4.98 Å². The van der Waals surface area contributed by atoms with Gasteiger partial charge in [0, 0.05) is 17.5 Å². The van der Waals surface area contributed by atoms with Gasteiger partial charge in [-0.2, -0.15) is 0 Å². The number of halogens is 1. The van der Waals surface area contributed by atoms with Crippen LogP contribution in [0.3, 0.4) is 0 Å². The Morgan fingerprint density at radius 1 is 1.27 bits per heavy atom. The average molecular weight is 218 g/mol. The van der Waals surface area contributed by atoms with E-state index < -0.39 is 0 Å². The second-order valence-corrected chi connectivity index (χ2v) is 4.47. The highest BCUT2D eigenvalue weighted by molar-refractivity contribution is 6.17. The highest BCUT2D eigenvalue weighted by Gasteiger charge is 2.23. The molecule has 0 unspecified atom stereocenters. The van der Waals surface area contributed by atoms with Gasteiger partial charge in [-0.25, -0.2) is 0 Å². The zero-order valence-corrected chi connectivity index (χ0v) is 9.17. The molecule has 0 aliphatic heterocycles. The maximum atomic E-state index is 5.80. The lowest BCUT2D eigenvalue weighted by Gasteiger charge is -2.03. The Bertz CT molecular complexity index is 503. The van der Waals surface area contributed by atoms with E-state index in [9.17, 15) is 0 Å². The third-order valence-electron chi connectivity index (χ3n) is 2.97. The fraction of sp³-hybridized carbons (Fsp3) is 0.308. The standard InChI is InChI=1S/C13H12ClN/c14-7-9-5-12-6-11(10-1-2-10)3-4-13(12)15-8-9/h3-6,8,10H,1-2,7H2. The molecule has 0 N–H and O–H groups in total. The van der Waals surface area contributed by atoms with Crippen LogP contribution in [0.5, 0.6) is 0 Å². The molecule has 76 valence electrons. The summed E-state index contributed by atoms with van der Waals surface area (Å²) in [5.41, 5.74) is 3.61. The summed E-state index contributed by atoms with van der Waals surface area (Å²) in [6.45, 7) is 0. The quantitative estimate of drug-likeness (QED) is 0.697. The molecule has 0 atom stereocenters. The number of hydrogen-bond donors (Lipinski definition) is 0. The van der Waals surface area contributed by atoms with Crippen LogP contribution >= 0.6 is 11.6 Å². The summed E-state index contributed by atoms with van der Waals surface area (Å²) in [5, 5.41) is 1.22. The lowest BCUT2D eigenvalue weighted by molar-refractivity contribution is 1.13. The third-order valence-corrected chi connectivity index (χ3v) is 3.27. The van der Waals surface area contributed by atoms with E-state index in [4.69, 9.17) is 11.6 Å². The van der Waals surface area contributed by atoms with Crippen molar-refractivity contribution < 1.29 is 0 Å². The molecule has 1 heterocycles. The first kappa shape index (κ1) is 9.17. The van der Waals surface area contributed by atoms with Crippen molar-refractivity contribution in [2.75, 3.05) is 0 Å². The fourth-order valence-electron chi connectivity index (χ4n) is 1.94. The van der Waals surface area contributed by atoms with Gasteiger partial charge in [0.2, 0.25) is 0 Å². The van der Waals surface area contributed by atoms with Gasteiger partial charge in [0.25, 0.3) is 0 Å². The van der Waals surface area contributed by atoms with Gasteiger partial charge in [0.1, 0.15) is 0 Å². The van der Waals surface area contributed by atoms with Gasteiger partial charge in [-0.15, -0.1) is 11.6 Å². The topological polar surface area (TPSA) is 12.9 Å². The summed E-state index contributed by atoms with van der Waals surface area (Å²) in [4.78, 5) is 4.39. The summed E-state index contributed by atoms with van der Waals surface area (Å²) >= 11 is 5.80. The minimum absolute atomic E-state index is 0.538. The molecule has 1 nitrogen and oxygen atoms in total. The Morgan fingerprint density at radius 2 is 2.13 bits per heavy atom. The maximum Gasteiger partial charge on any atom is 0.0702 e. The summed E-state index contributed by atoms with van der Waals surface area (Å²) in [5.74, 6) is 1.34. The van der Waals surface area contributed by atoms with Gasteiger partial charge in [0.05, 0.1) is 5.52 Å². The van der Waals surface area contributed by atoms with Gasteiger partial charge in [-0.3, -0.25) is 4.98 Å². The summed E-state index contributed by atoms with van der Waals surface area (Å²) < 4.78 is 0. The van der Waals surface area contributed by atoms with E-state index >= 15 is 0 Å². The molecular weight excluding hydrogens is 206 g/mol. The van der Waals surface area contributed by atoms with Crippen LogP contribution in [0.15, 0.2) is 30.5 Å². The fourth-order valence-corrected chi connectivity index (χ4v) is 2.09. The molecule has 0 radical (unpaired) electrons. The Kier molecular flexibility index (Phi) is 2.14. The largest absolute Gasteiger partial charge is 0.256 e. The van der Waals surface area contributed by atoms with Gasteiger partial charge in [-0.1, -0.05) is 6.07 Å². The number of benzene rings is 1. The lowest BCUT2D eigenvalue weighted by atomic mass is 10.1. The van der Waals surface area contributed by atoms with Crippen molar-refractivity contribution in [3.05, 3.63) is 41.6 Å². The first-order valence-electron chi connectivity index (χ1n) is 5.31. The summed E-state index contributed by atoms with van der Waals surface area (Å²) in [6, 6.07) is 8.71. The molecule has 1 aliphatic rings. The van der Waals surface area contributed by atoms with Gasteiger partial charge in [-0.05, 0) is 48.1 Å². The Hall–Kier alpha value is -1.08. The zero-order chi connectivity index (χ0) is 10.3. The van der Waals surface area contributed by atoms with Crippen LogP contribution in [0.1, 0.15) is 29.9 Å². The van der Waals surface area contributed by atoms with Crippen LogP contribution in [0.25, 0.3) is 10.9 Å². The molecule has 0 amide bonds. The molecule has 1 saturated carbocycles. The normalized spacial score (nSPS) is 15.8. The highest BCUT2D eigenvalue weighted by atomic mass is 35.5. The van der Waals surface area contributed by atoms with Crippen molar-refractivity contribution >= 4 is 22.5 Å². The molecule has 1 aromatic carbocycles. The molecular formula is C13H12ClN. The van der Waals surface area contributed by atoms with Crippen molar-refractivity contribution in [3.63, 3.8) is 0 Å². The van der Waals surface area contributed by atoms with Crippen LogP contribution in [-0.2, 0) is 5.88 Å². The molecule has 15 heavy (non-hydrogen) atoms. The number of fused-ring (bicyclic) bond motifs is 1. The SMILES string of the molecule is ClCc1cnc2ccc(C3CC3)cc2c1. The van der Waals surface area contributed by atoms with Crippen LogP contribution in [0, 0.1) is 0 Å². The van der Waals surface area contributed by atoms with E-state index in [1.807, 2.05) is 6.20 Å². The smallest absolute Gasteiger partial charge is 0.0702 e. The van der Waals surface area contributed by atoms with Crippen LogP contribution in [0.2, 0.25) is 0 Å². The summed E-state index contributed by atoms with van der Waals surface area (Å²) in [6.07, 6.45) is 4.54. The number of pyridine rings is 1. The van der Waals surface area contributed by atoms with E-state index in [-0.39, 0.29) is 0 Å². The Balaban J connectivity index is 2.14. The van der Waals surface area contributed by atoms with Gasteiger partial charge >= 0.3 is 0 Å². The first-order valence-corrected chi connectivity index (χ1v) is 5.85. The van der Waals surface area contributed by atoms with Crippen molar-refractivity contribution in [2.24, 2.45) is 0 Å². The van der Waals surface area contributed by atoms with Crippen molar-refractivity contribution in [1.82, 2.24) is 4.98 Å². The number of alkyl halides is 1. The minimum Gasteiger partial charge on any atom is -0.256 e. The number of aromatic nitrogens is 1. The molecule has 1 aliphatic carbocycles. The number of nitrogens with zero attached hydrogens (tertiary/aromatic N) is 1. The van der Waals surface area contributed by atoms with E-state index in [0.717, 1.165) is 17.0 Å². The van der Waals surface area contributed by atoms with Crippen molar-refractivity contribution in [3.8, 4) is 0 Å². The number of hydrogen-bond acceptors (Lipinski definition) is 1. The summed E-state index contributed by atoms with van der Waals surface area (Å²) in [7, 11) is 0. The monoisotopic (exact) mass is 217 g/mol.